The first kappa shape index (κ1) is 12.7. The molecule has 3 N–H and O–H groups in total. The molecule has 2 heterocycles. The molecule has 0 saturated carbocycles. The topological polar surface area (TPSA) is 62.1 Å². The highest BCUT2D eigenvalue weighted by molar-refractivity contribution is 6.00. The number of amides is 1. The third-order valence-electron chi connectivity index (χ3n) is 5.24. The Balaban J connectivity index is 2.02. The Morgan fingerprint density at radius 2 is 2.29 bits per heavy atom. The predicted molar refractivity (Wildman–Crippen MR) is 83.7 cm³/mol. The number of nitrogens with one attached hydrogen (secondary N) is 1. The highest BCUT2D eigenvalue weighted by Crippen LogP contribution is 2.46. The molecule has 0 saturated heterocycles. The largest absolute Gasteiger partial charge is 0.369 e. The SMILES string of the molecule is CN1C[C@H](C(N)=O)C=C2c3cccc4[nH]cc(c34)C[C@]21C. The lowest BCUT2D eigenvalue weighted by molar-refractivity contribution is -0.121. The van der Waals surface area contributed by atoms with Gasteiger partial charge in [0.1, 0.15) is 0 Å². The van der Waals surface area contributed by atoms with Gasteiger partial charge in [0.05, 0.1) is 5.92 Å². The van der Waals surface area contributed by atoms with Gasteiger partial charge >= 0.3 is 0 Å². The zero-order valence-electron chi connectivity index (χ0n) is 12.3. The first-order valence-corrected chi connectivity index (χ1v) is 7.33. The summed E-state index contributed by atoms with van der Waals surface area (Å²) in [5.74, 6) is -0.461. The summed E-state index contributed by atoms with van der Waals surface area (Å²) in [6, 6.07) is 6.32. The van der Waals surface area contributed by atoms with Gasteiger partial charge in [0, 0.05) is 29.2 Å². The van der Waals surface area contributed by atoms with Crippen molar-refractivity contribution in [3.63, 3.8) is 0 Å². The van der Waals surface area contributed by atoms with E-state index in [1.165, 1.54) is 22.1 Å². The lowest BCUT2D eigenvalue weighted by Crippen LogP contribution is -2.53. The second kappa shape index (κ2) is 3.98. The fourth-order valence-corrected chi connectivity index (χ4v) is 3.91. The van der Waals surface area contributed by atoms with E-state index in [1.807, 2.05) is 0 Å². The monoisotopic (exact) mass is 281 g/mol. The van der Waals surface area contributed by atoms with Crippen molar-refractivity contribution in [2.24, 2.45) is 11.7 Å². The maximum atomic E-state index is 11.7. The van der Waals surface area contributed by atoms with E-state index in [0.717, 1.165) is 11.9 Å². The molecule has 2 atom stereocenters. The van der Waals surface area contributed by atoms with Crippen LogP contribution in [0.1, 0.15) is 18.1 Å². The van der Waals surface area contributed by atoms with Crippen LogP contribution in [-0.2, 0) is 11.2 Å². The second-order valence-electron chi connectivity index (χ2n) is 6.46. The molecular formula is C17H19N3O. The summed E-state index contributed by atoms with van der Waals surface area (Å²) in [5, 5.41) is 1.29. The molecule has 4 nitrogen and oxygen atoms in total. The summed E-state index contributed by atoms with van der Waals surface area (Å²) >= 11 is 0. The van der Waals surface area contributed by atoms with Gasteiger partial charge in [0.25, 0.3) is 0 Å². The highest BCUT2D eigenvalue weighted by atomic mass is 16.1. The molecule has 1 aromatic heterocycles. The van der Waals surface area contributed by atoms with Crippen LogP contribution in [0.2, 0.25) is 0 Å². The number of rotatable bonds is 1. The smallest absolute Gasteiger partial charge is 0.225 e. The summed E-state index contributed by atoms with van der Waals surface area (Å²) in [5.41, 5.74) is 10.5. The fourth-order valence-electron chi connectivity index (χ4n) is 3.91. The Labute approximate surface area is 123 Å². The van der Waals surface area contributed by atoms with Gasteiger partial charge in [-0.3, -0.25) is 9.69 Å². The van der Waals surface area contributed by atoms with Crippen molar-refractivity contribution >= 4 is 22.4 Å². The maximum absolute atomic E-state index is 11.7. The zero-order chi connectivity index (χ0) is 14.8. The number of hydrogen-bond donors (Lipinski definition) is 2. The van der Waals surface area contributed by atoms with Gasteiger partial charge in [0.15, 0.2) is 0 Å². The molecule has 0 unspecified atom stereocenters. The Kier molecular flexibility index (Phi) is 2.40. The molecule has 2 aliphatic rings. The van der Waals surface area contributed by atoms with E-state index in [9.17, 15) is 4.79 Å². The molecule has 108 valence electrons. The Morgan fingerprint density at radius 1 is 1.48 bits per heavy atom. The Bertz CT molecular complexity index is 788. The van der Waals surface area contributed by atoms with Gasteiger partial charge in [-0.15, -0.1) is 0 Å². The number of H-pyrrole nitrogens is 1. The van der Waals surface area contributed by atoms with Crippen molar-refractivity contribution in [2.45, 2.75) is 18.9 Å². The van der Waals surface area contributed by atoms with E-state index in [4.69, 9.17) is 5.73 Å². The average Bonchev–Trinajstić information content (AvgIpc) is 2.85. The summed E-state index contributed by atoms with van der Waals surface area (Å²) in [6.07, 6.45) is 5.16. The maximum Gasteiger partial charge on any atom is 0.225 e. The number of benzene rings is 1. The zero-order valence-corrected chi connectivity index (χ0v) is 12.3. The number of fused-ring (bicyclic) bond motifs is 2. The minimum atomic E-state index is -0.247. The van der Waals surface area contributed by atoms with E-state index in [-0.39, 0.29) is 17.4 Å². The van der Waals surface area contributed by atoms with E-state index in [1.54, 1.807) is 0 Å². The van der Waals surface area contributed by atoms with Gasteiger partial charge < -0.3 is 10.7 Å². The molecule has 4 heteroatoms. The Hall–Kier alpha value is -2.07. The number of aromatic nitrogens is 1. The quantitative estimate of drug-likeness (QED) is 0.839. The molecule has 2 aromatic rings. The van der Waals surface area contributed by atoms with E-state index < -0.39 is 0 Å². The minimum absolute atomic E-state index is 0.0740. The van der Waals surface area contributed by atoms with Gasteiger partial charge in [0.2, 0.25) is 5.91 Å². The minimum Gasteiger partial charge on any atom is -0.369 e. The van der Waals surface area contributed by atoms with Crippen molar-refractivity contribution in [3.05, 3.63) is 41.6 Å². The van der Waals surface area contributed by atoms with Gasteiger partial charge in [-0.25, -0.2) is 0 Å². The molecule has 4 rings (SSSR count). The van der Waals surface area contributed by atoms with Crippen LogP contribution in [0.15, 0.2) is 30.5 Å². The van der Waals surface area contributed by atoms with E-state index in [0.29, 0.717) is 6.54 Å². The van der Waals surface area contributed by atoms with Crippen LogP contribution >= 0.6 is 0 Å². The fraction of sp³-hybridized carbons (Fsp3) is 0.353. The van der Waals surface area contributed by atoms with Crippen molar-refractivity contribution in [1.29, 1.82) is 0 Å². The first-order chi connectivity index (χ1) is 10.0. The molecule has 0 bridgehead atoms. The number of nitrogens with two attached hydrogens (primary N) is 1. The first-order valence-electron chi connectivity index (χ1n) is 7.33. The summed E-state index contributed by atoms with van der Waals surface area (Å²) in [4.78, 5) is 17.3. The molecule has 1 aromatic carbocycles. The van der Waals surface area contributed by atoms with Crippen LogP contribution in [0.4, 0.5) is 0 Å². The average molecular weight is 281 g/mol. The number of likely N-dealkylation sites (N-methyl/N-ethyl adjacent to an activating group) is 1. The highest BCUT2D eigenvalue weighted by Gasteiger charge is 2.43. The Morgan fingerprint density at radius 3 is 3.05 bits per heavy atom. The molecule has 1 amide bonds. The number of aromatic amines is 1. The van der Waals surface area contributed by atoms with Crippen LogP contribution in [0.3, 0.4) is 0 Å². The predicted octanol–water partition coefficient (Wildman–Crippen LogP) is 1.91. The number of carbonyl (C=O) groups is 1. The normalized spacial score (nSPS) is 28.3. The van der Waals surface area contributed by atoms with Crippen molar-refractivity contribution < 1.29 is 4.79 Å². The standard InChI is InChI=1S/C17H19N3O/c1-17-7-11-8-19-14-5-3-4-12(15(11)14)13(17)6-10(16(18)21)9-20(17)2/h3-6,8,10,19H,7,9H2,1-2H3,(H2,18,21)/t10-,17-/m1/s1. The second-order valence-corrected chi connectivity index (χ2v) is 6.46. The van der Waals surface area contributed by atoms with Crippen LogP contribution in [-0.4, -0.2) is 34.9 Å². The number of hydrogen-bond acceptors (Lipinski definition) is 2. The number of carbonyl (C=O) groups excluding carboxylic acids is 1. The number of nitrogens with zero attached hydrogens (tertiary/aromatic N) is 1. The third-order valence-corrected chi connectivity index (χ3v) is 5.24. The third kappa shape index (κ3) is 1.56. The van der Waals surface area contributed by atoms with Crippen molar-refractivity contribution in [3.8, 4) is 0 Å². The van der Waals surface area contributed by atoms with Crippen LogP contribution in [0, 0.1) is 5.92 Å². The van der Waals surface area contributed by atoms with Crippen molar-refractivity contribution in [2.75, 3.05) is 13.6 Å². The van der Waals surface area contributed by atoms with Gasteiger partial charge in [-0.2, -0.15) is 0 Å². The lowest BCUT2D eigenvalue weighted by Gasteiger charge is -2.48. The molecule has 0 spiro atoms. The molecular weight excluding hydrogens is 262 g/mol. The van der Waals surface area contributed by atoms with E-state index in [2.05, 4.69) is 54.3 Å². The number of primary amides is 1. The summed E-state index contributed by atoms with van der Waals surface area (Å²) in [7, 11) is 2.08. The van der Waals surface area contributed by atoms with Crippen LogP contribution in [0.25, 0.3) is 16.5 Å². The van der Waals surface area contributed by atoms with Gasteiger partial charge in [-0.1, -0.05) is 18.2 Å². The molecule has 21 heavy (non-hydrogen) atoms. The van der Waals surface area contributed by atoms with Crippen LogP contribution in [0.5, 0.6) is 0 Å². The molecule has 0 fully saturated rings. The van der Waals surface area contributed by atoms with Crippen molar-refractivity contribution in [1.82, 2.24) is 9.88 Å². The molecule has 1 aliphatic carbocycles. The summed E-state index contributed by atoms with van der Waals surface area (Å²) in [6.45, 7) is 2.94. The van der Waals surface area contributed by atoms with Crippen LogP contribution < -0.4 is 5.73 Å². The molecule has 1 aliphatic heterocycles. The van der Waals surface area contributed by atoms with E-state index >= 15 is 0 Å². The summed E-state index contributed by atoms with van der Waals surface area (Å²) < 4.78 is 0. The molecule has 0 radical (unpaired) electrons. The van der Waals surface area contributed by atoms with Gasteiger partial charge in [-0.05, 0) is 43.2 Å². The lowest BCUT2D eigenvalue weighted by atomic mass is 9.71.